The van der Waals surface area contributed by atoms with E-state index in [0.717, 1.165) is 35.9 Å². The van der Waals surface area contributed by atoms with Crippen LogP contribution in [-0.4, -0.2) is 27.6 Å². The highest BCUT2D eigenvalue weighted by atomic mass is 16.5. The lowest BCUT2D eigenvalue weighted by Crippen LogP contribution is -2.04. The van der Waals surface area contributed by atoms with Gasteiger partial charge >= 0.3 is 5.97 Å². The fraction of sp³-hybridized carbons (Fsp3) is 0.300. The Morgan fingerprint density at radius 1 is 1.33 bits per heavy atom. The van der Waals surface area contributed by atoms with Gasteiger partial charge in [-0.2, -0.15) is 5.26 Å². The number of carbonyl (C=O) groups excluding carboxylic acids is 1. The lowest BCUT2D eigenvalue weighted by Gasteiger charge is -2.06. The smallest absolute Gasteiger partial charge is 0.337 e. The largest absolute Gasteiger partial charge is 0.465 e. The number of aromatic nitrogens is 3. The van der Waals surface area contributed by atoms with E-state index in [9.17, 15) is 4.79 Å². The molecule has 0 aromatic carbocycles. The van der Waals surface area contributed by atoms with Gasteiger partial charge in [-0.05, 0) is 30.2 Å². The molecule has 0 fully saturated rings. The number of methoxy groups -OCH3 is 1. The van der Waals surface area contributed by atoms with Crippen molar-refractivity contribution < 1.29 is 9.53 Å². The molecule has 1 N–H and O–H groups in total. The standard InChI is InChI=1S/C20H21N5O2/c1-3-4-7-25-12-15(10-22-13-21)16-9-18(24-11-19(16)25)17-8-14(5-6-23-17)20(26)27-2/h5-6,8-9,11-12,22H,3-4,7,10H2,1-2H3. The molecule has 27 heavy (non-hydrogen) atoms. The van der Waals surface area contributed by atoms with Gasteiger partial charge in [-0.25, -0.2) is 4.79 Å². The van der Waals surface area contributed by atoms with Crippen LogP contribution in [-0.2, 0) is 17.8 Å². The first-order valence-corrected chi connectivity index (χ1v) is 8.82. The van der Waals surface area contributed by atoms with Crippen molar-refractivity contribution in [3.8, 4) is 17.6 Å². The number of hydrogen-bond donors (Lipinski definition) is 1. The van der Waals surface area contributed by atoms with Crippen molar-refractivity contribution in [3.05, 3.63) is 47.9 Å². The van der Waals surface area contributed by atoms with E-state index < -0.39 is 5.97 Å². The molecule has 0 saturated heterocycles. The SMILES string of the molecule is CCCCn1cc(CNC#N)c2cc(-c3cc(C(=O)OC)ccn3)ncc21. The summed E-state index contributed by atoms with van der Waals surface area (Å²) in [6.07, 6.45) is 9.59. The Balaban J connectivity index is 2.05. The van der Waals surface area contributed by atoms with Crippen molar-refractivity contribution in [2.75, 3.05) is 7.11 Å². The van der Waals surface area contributed by atoms with E-state index in [1.807, 2.05) is 18.5 Å². The lowest BCUT2D eigenvalue weighted by atomic mass is 10.1. The van der Waals surface area contributed by atoms with Gasteiger partial charge in [0.2, 0.25) is 0 Å². The van der Waals surface area contributed by atoms with Crippen molar-refractivity contribution in [2.45, 2.75) is 32.9 Å². The van der Waals surface area contributed by atoms with Crippen LogP contribution in [0.4, 0.5) is 0 Å². The molecule has 0 saturated carbocycles. The van der Waals surface area contributed by atoms with Crippen LogP contribution in [0.15, 0.2) is 36.8 Å². The predicted octanol–water partition coefficient (Wildman–Crippen LogP) is 3.26. The van der Waals surface area contributed by atoms with Crippen LogP contribution in [0.5, 0.6) is 0 Å². The molecule has 3 aromatic heterocycles. The van der Waals surface area contributed by atoms with Gasteiger partial charge < -0.3 is 14.6 Å². The van der Waals surface area contributed by atoms with Gasteiger partial charge in [0.25, 0.3) is 0 Å². The molecule has 3 heterocycles. The minimum Gasteiger partial charge on any atom is -0.465 e. The monoisotopic (exact) mass is 363 g/mol. The number of fused-ring (bicyclic) bond motifs is 1. The number of aryl methyl sites for hydroxylation is 1. The van der Waals surface area contributed by atoms with E-state index in [1.165, 1.54) is 7.11 Å². The average molecular weight is 363 g/mol. The normalized spacial score (nSPS) is 10.6. The van der Waals surface area contributed by atoms with Crippen molar-refractivity contribution in [3.63, 3.8) is 0 Å². The predicted molar refractivity (Wildman–Crippen MR) is 102 cm³/mol. The number of carbonyl (C=O) groups is 1. The third-order valence-electron chi connectivity index (χ3n) is 4.40. The molecule has 0 bridgehead atoms. The van der Waals surface area contributed by atoms with Crippen LogP contribution in [0.3, 0.4) is 0 Å². The lowest BCUT2D eigenvalue weighted by molar-refractivity contribution is 0.0600. The Hall–Kier alpha value is -3.40. The number of nitrogens with zero attached hydrogens (tertiary/aromatic N) is 4. The highest BCUT2D eigenvalue weighted by molar-refractivity contribution is 5.91. The van der Waals surface area contributed by atoms with Crippen LogP contribution >= 0.6 is 0 Å². The Morgan fingerprint density at radius 2 is 2.15 bits per heavy atom. The van der Waals surface area contributed by atoms with Crippen LogP contribution in [0.2, 0.25) is 0 Å². The zero-order chi connectivity index (χ0) is 19.2. The molecule has 0 spiro atoms. The maximum absolute atomic E-state index is 11.8. The molecular weight excluding hydrogens is 342 g/mol. The Labute approximate surface area is 157 Å². The molecule has 0 aliphatic heterocycles. The fourth-order valence-electron chi connectivity index (χ4n) is 3.01. The molecule has 7 nitrogen and oxygen atoms in total. The minimum absolute atomic E-state index is 0.413. The van der Waals surface area contributed by atoms with Gasteiger partial charge in [0, 0.05) is 24.3 Å². The van der Waals surface area contributed by atoms with Crippen LogP contribution < -0.4 is 5.32 Å². The van der Waals surface area contributed by atoms with Gasteiger partial charge in [-0.3, -0.25) is 9.97 Å². The summed E-state index contributed by atoms with van der Waals surface area (Å²) in [5.41, 5.74) is 3.73. The van der Waals surface area contributed by atoms with E-state index in [1.54, 1.807) is 18.3 Å². The second-order valence-electron chi connectivity index (χ2n) is 6.17. The molecule has 0 aliphatic rings. The first-order chi connectivity index (χ1) is 13.2. The Bertz CT molecular complexity index is 1000. The van der Waals surface area contributed by atoms with Crippen molar-refractivity contribution in [1.29, 1.82) is 5.26 Å². The summed E-state index contributed by atoms with van der Waals surface area (Å²) in [5, 5.41) is 12.6. The quantitative estimate of drug-likeness (QED) is 0.393. The highest BCUT2D eigenvalue weighted by Crippen LogP contribution is 2.26. The van der Waals surface area contributed by atoms with Crippen molar-refractivity contribution in [1.82, 2.24) is 19.9 Å². The summed E-state index contributed by atoms with van der Waals surface area (Å²) < 4.78 is 6.94. The third-order valence-corrected chi connectivity index (χ3v) is 4.40. The van der Waals surface area contributed by atoms with Gasteiger partial charge in [0.05, 0.1) is 42.3 Å². The Kier molecular flexibility index (Phi) is 5.67. The number of esters is 1. The number of unbranched alkanes of at least 4 members (excludes halogenated alkanes) is 1. The number of hydrogen-bond acceptors (Lipinski definition) is 6. The summed E-state index contributed by atoms with van der Waals surface area (Å²) in [6, 6.07) is 5.23. The van der Waals surface area contributed by atoms with Crippen molar-refractivity contribution >= 4 is 16.9 Å². The second kappa shape index (κ2) is 8.32. The van der Waals surface area contributed by atoms with E-state index in [-0.39, 0.29) is 0 Å². The first-order valence-electron chi connectivity index (χ1n) is 8.82. The number of ether oxygens (including phenoxy) is 1. The average Bonchev–Trinajstić information content (AvgIpc) is 3.07. The molecule has 3 aromatic rings. The maximum Gasteiger partial charge on any atom is 0.337 e. The molecule has 0 unspecified atom stereocenters. The summed E-state index contributed by atoms with van der Waals surface area (Å²) in [5.74, 6) is -0.413. The third kappa shape index (κ3) is 3.90. The topological polar surface area (TPSA) is 92.8 Å². The number of rotatable bonds is 7. The van der Waals surface area contributed by atoms with Gasteiger partial charge in [0.1, 0.15) is 0 Å². The number of nitriles is 1. The zero-order valence-corrected chi connectivity index (χ0v) is 15.4. The molecule has 0 radical (unpaired) electrons. The zero-order valence-electron chi connectivity index (χ0n) is 15.4. The Morgan fingerprint density at radius 3 is 2.89 bits per heavy atom. The molecule has 7 heteroatoms. The van der Waals surface area contributed by atoms with Crippen LogP contribution in [0.1, 0.15) is 35.7 Å². The highest BCUT2D eigenvalue weighted by Gasteiger charge is 2.13. The first kappa shape index (κ1) is 18.4. The van der Waals surface area contributed by atoms with Gasteiger partial charge in [-0.1, -0.05) is 13.3 Å². The minimum atomic E-state index is -0.413. The van der Waals surface area contributed by atoms with Crippen LogP contribution in [0.25, 0.3) is 22.3 Å². The summed E-state index contributed by atoms with van der Waals surface area (Å²) in [6.45, 7) is 3.50. The summed E-state index contributed by atoms with van der Waals surface area (Å²) in [4.78, 5) is 20.7. The number of pyridine rings is 2. The number of nitrogens with one attached hydrogen (secondary N) is 1. The second-order valence-corrected chi connectivity index (χ2v) is 6.17. The van der Waals surface area contributed by atoms with Crippen LogP contribution in [0, 0.1) is 11.5 Å². The molecule has 138 valence electrons. The van der Waals surface area contributed by atoms with E-state index in [0.29, 0.717) is 23.5 Å². The van der Waals surface area contributed by atoms with E-state index >= 15 is 0 Å². The molecule has 0 amide bonds. The molecular formula is C20H21N5O2. The van der Waals surface area contributed by atoms with E-state index in [4.69, 9.17) is 10.00 Å². The van der Waals surface area contributed by atoms with Gasteiger partial charge in [-0.15, -0.1) is 0 Å². The summed E-state index contributed by atoms with van der Waals surface area (Å²) in [7, 11) is 1.35. The van der Waals surface area contributed by atoms with Crippen molar-refractivity contribution in [2.24, 2.45) is 0 Å². The molecule has 0 atom stereocenters. The van der Waals surface area contributed by atoms with E-state index in [2.05, 4.69) is 33.0 Å². The molecule has 3 rings (SSSR count). The molecule has 0 aliphatic carbocycles. The summed E-state index contributed by atoms with van der Waals surface area (Å²) >= 11 is 0. The maximum atomic E-state index is 11.8. The fourth-order valence-corrected chi connectivity index (χ4v) is 3.01. The van der Waals surface area contributed by atoms with Gasteiger partial charge in [0.15, 0.2) is 6.19 Å².